The van der Waals surface area contributed by atoms with Crippen molar-refractivity contribution in [3.63, 3.8) is 0 Å². The van der Waals surface area contributed by atoms with E-state index in [1.807, 2.05) is 32.0 Å². The zero-order valence-corrected chi connectivity index (χ0v) is 14.8. The van der Waals surface area contributed by atoms with Crippen LogP contribution in [0.5, 0.6) is 0 Å². The summed E-state index contributed by atoms with van der Waals surface area (Å²) < 4.78 is 33.6. The fourth-order valence-electron chi connectivity index (χ4n) is 2.75. The van der Waals surface area contributed by atoms with Gasteiger partial charge in [-0.05, 0) is 47.6 Å². The van der Waals surface area contributed by atoms with Crippen LogP contribution in [0, 0.1) is 6.92 Å². The van der Waals surface area contributed by atoms with Gasteiger partial charge in [0.25, 0.3) is 6.02 Å². The lowest BCUT2D eigenvalue weighted by Gasteiger charge is -2.29. The number of nitrogens with two attached hydrogens (primary N) is 1. The molecule has 0 saturated heterocycles. The molecule has 0 saturated carbocycles. The monoisotopic (exact) mass is 363 g/mol. The molecule has 1 atom stereocenters. The number of pyridine rings is 1. The number of aliphatic imine (C=N–C) groups is 1. The molecule has 0 aliphatic carbocycles. The molecular weight excluding hydrogens is 344 g/mol. The third-order valence-corrected chi connectivity index (χ3v) is 4.85. The molecular formula is C18H19F2N3OS. The zero-order chi connectivity index (χ0) is 18.0. The van der Waals surface area contributed by atoms with Crippen molar-refractivity contribution in [1.82, 2.24) is 4.98 Å². The van der Waals surface area contributed by atoms with Crippen molar-refractivity contribution in [3.8, 4) is 11.1 Å². The summed E-state index contributed by atoms with van der Waals surface area (Å²) in [5.41, 5.74) is 8.72. The van der Waals surface area contributed by atoms with Crippen LogP contribution < -0.4 is 5.73 Å². The van der Waals surface area contributed by atoms with Crippen LogP contribution in [0.3, 0.4) is 0 Å². The Kier molecular flexibility index (Phi) is 4.94. The van der Waals surface area contributed by atoms with E-state index < -0.39 is 18.6 Å². The average molecular weight is 363 g/mol. The van der Waals surface area contributed by atoms with Crippen molar-refractivity contribution in [1.29, 1.82) is 0 Å². The Morgan fingerprint density at radius 2 is 2.08 bits per heavy atom. The van der Waals surface area contributed by atoms with E-state index in [0.29, 0.717) is 5.56 Å². The third-order valence-electron chi connectivity index (χ3n) is 3.88. The molecule has 0 fully saturated rings. The Balaban J connectivity index is 2.12. The lowest BCUT2D eigenvalue weighted by Crippen LogP contribution is -2.39. The lowest BCUT2D eigenvalue weighted by atomic mass is 9.96. The fraction of sp³-hybridized carbons (Fsp3) is 0.333. The molecule has 1 aromatic carbocycles. The second-order valence-corrected chi connectivity index (χ2v) is 7.16. The number of thioether (sulfide) groups is 1. The highest BCUT2D eigenvalue weighted by molar-refractivity contribution is 7.99. The van der Waals surface area contributed by atoms with Gasteiger partial charge in [-0.3, -0.25) is 4.98 Å². The minimum absolute atomic E-state index is 0.203. The quantitative estimate of drug-likeness (QED) is 0.828. The van der Waals surface area contributed by atoms with Crippen molar-refractivity contribution >= 4 is 17.8 Å². The van der Waals surface area contributed by atoms with E-state index in [1.165, 1.54) is 11.8 Å². The molecule has 0 amide bonds. The minimum atomic E-state index is -3.12. The van der Waals surface area contributed by atoms with Gasteiger partial charge in [0.1, 0.15) is 6.04 Å². The van der Waals surface area contributed by atoms with Crippen LogP contribution >= 0.6 is 11.8 Å². The summed E-state index contributed by atoms with van der Waals surface area (Å²) >= 11 is 1.50. The van der Waals surface area contributed by atoms with Crippen molar-refractivity contribution in [2.24, 2.45) is 10.7 Å². The molecule has 1 aliphatic rings. The molecule has 2 N–H and O–H groups in total. The van der Waals surface area contributed by atoms with E-state index in [1.54, 1.807) is 18.5 Å². The lowest BCUT2D eigenvalue weighted by molar-refractivity contribution is -0.0787. The van der Waals surface area contributed by atoms with E-state index in [-0.39, 0.29) is 6.02 Å². The van der Waals surface area contributed by atoms with Gasteiger partial charge in [0.05, 0.1) is 0 Å². The number of amidine groups is 1. The van der Waals surface area contributed by atoms with Gasteiger partial charge >= 0.3 is 5.92 Å². The van der Waals surface area contributed by atoms with Gasteiger partial charge < -0.3 is 10.5 Å². The second kappa shape index (κ2) is 7.00. The molecule has 2 aromatic rings. The van der Waals surface area contributed by atoms with Crippen LogP contribution in [0.25, 0.3) is 11.1 Å². The van der Waals surface area contributed by atoms with Gasteiger partial charge in [-0.2, -0.15) is 0 Å². The third kappa shape index (κ3) is 3.76. The van der Waals surface area contributed by atoms with Gasteiger partial charge in [-0.1, -0.05) is 13.0 Å². The molecule has 0 spiro atoms. The number of aryl methyl sites for hydroxylation is 1. The van der Waals surface area contributed by atoms with Crippen LogP contribution in [0.1, 0.15) is 24.1 Å². The highest BCUT2D eigenvalue weighted by Gasteiger charge is 2.45. The SMILES string of the molecule is CCSc1ccc(-c2cncc(C)c2)cc1C1N=C(N)OCC1(F)F. The maximum Gasteiger partial charge on any atom is 0.307 e. The van der Waals surface area contributed by atoms with E-state index in [2.05, 4.69) is 9.98 Å². The number of aromatic nitrogens is 1. The first-order valence-corrected chi connectivity index (χ1v) is 8.92. The van der Waals surface area contributed by atoms with E-state index >= 15 is 0 Å². The predicted octanol–water partition coefficient (Wildman–Crippen LogP) is 4.19. The summed E-state index contributed by atoms with van der Waals surface area (Å²) in [5.74, 6) is -2.35. The Labute approximate surface area is 149 Å². The van der Waals surface area contributed by atoms with Crippen molar-refractivity contribution < 1.29 is 13.5 Å². The normalized spacial score (nSPS) is 19.2. The largest absolute Gasteiger partial charge is 0.459 e. The molecule has 7 heteroatoms. The molecule has 2 heterocycles. The molecule has 4 nitrogen and oxygen atoms in total. The average Bonchev–Trinajstić information content (AvgIpc) is 2.58. The fourth-order valence-corrected chi connectivity index (χ4v) is 3.56. The van der Waals surface area contributed by atoms with Crippen LogP contribution in [0.4, 0.5) is 8.78 Å². The summed E-state index contributed by atoms with van der Waals surface area (Å²) in [7, 11) is 0. The van der Waals surface area contributed by atoms with Gasteiger partial charge in [0.2, 0.25) is 0 Å². The van der Waals surface area contributed by atoms with Crippen LogP contribution in [-0.2, 0) is 4.74 Å². The molecule has 3 rings (SSSR count). The summed E-state index contributed by atoms with van der Waals surface area (Å²) in [4.78, 5) is 8.85. The number of hydrogen-bond acceptors (Lipinski definition) is 5. The highest BCUT2D eigenvalue weighted by atomic mass is 32.2. The maximum atomic E-state index is 14.4. The molecule has 132 valence electrons. The smallest absolute Gasteiger partial charge is 0.307 e. The van der Waals surface area contributed by atoms with Gasteiger partial charge in [0, 0.05) is 22.9 Å². The number of ether oxygens (including phenoxy) is 1. The Hall–Kier alpha value is -2.15. The summed E-state index contributed by atoms with van der Waals surface area (Å²) in [6.45, 7) is 3.16. The van der Waals surface area contributed by atoms with E-state index in [4.69, 9.17) is 10.5 Å². The summed E-state index contributed by atoms with van der Waals surface area (Å²) in [5, 5.41) is 0. The first kappa shape index (κ1) is 17.7. The Morgan fingerprint density at radius 1 is 1.28 bits per heavy atom. The maximum absolute atomic E-state index is 14.4. The Bertz CT molecular complexity index is 811. The molecule has 1 unspecified atom stereocenters. The van der Waals surface area contributed by atoms with Crippen LogP contribution in [0.2, 0.25) is 0 Å². The van der Waals surface area contributed by atoms with Gasteiger partial charge in [0.15, 0.2) is 6.61 Å². The zero-order valence-electron chi connectivity index (χ0n) is 14.0. The molecule has 1 aromatic heterocycles. The second-order valence-electron chi connectivity index (χ2n) is 5.86. The predicted molar refractivity (Wildman–Crippen MR) is 96.1 cm³/mol. The van der Waals surface area contributed by atoms with E-state index in [0.717, 1.165) is 27.3 Å². The topological polar surface area (TPSA) is 60.5 Å². The summed E-state index contributed by atoms with van der Waals surface area (Å²) in [6, 6.07) is 5.95. The van der Waals surface area contributed by atoms with Crippen LogP contribution in [-0.4, -0.2) is 29.3 Å². The number of rotatable bonds is 4. The van der Waals surface area contributed by atoms with Crippen molar-refractivity contribution in [2.75, 3.05) is 12.4 Å². The van der Waals surface area contributed by atoms with Gasteiger partial charge in [-0.15, -0.1) is 11.8 Å². The van der Waals surface area contributed by atoms with Crippen LogP contribution in [0.15, 0.2) is 46.5 Å². The molecule has 0 radical (unpaired) electrons. The molecule has 0 bridgehead atoms. The molecule has 1 aliphatic heterocycles. The highest BCUT2D eigenvalue weighted by Crippen LogP contribution is 2.42. The van der Waals surface area contributed by atoms with E-state index in [9.17, 15) is 8.78 Å². The first-order chi connectivity index (χ1) is 11.9. The minimum Gasteiger partial charge on any atom is -0.459 e. The first-order valence-electron chi connectivity index (χ1n) is 7.93. The molecule has 25 heavy (non-hydrogen) atoms. The number of hydrogen-bond donors (Lipinski definition) is 1. The number of nitrogens with zero attached hydrogens (tertiary/aromatic N) is 2. The number of benzene rings is 1. The standard InChI is InChI=1S/C18H19F2N3OS/c1-3-25-15-5-4-12(13-6-11(2)8-22-9-13)7-14(15)16-18(19,20)10-24-17(21)23-16/h4-9,16H,3,10H2,1-2H3,(H2,21,23). The Morgan fingerprint density at radius 3 is 2.80 bits per heavy atom. The number of halogens is 2. The van der Waals surface area contributed by atoms with Gasteiger partial charge in [-0.25, -0.2) is 13.8 Å². The number of alkyl halides is 2. The summed E-state index contributed by atoms with van der Waals surface area (Å²) in [6.07, 6.45) is 3.47. The van der Waals surface area contributed by atoms with Crippen molar-refractivity contribution in [2.45, 2.75) is 30.7 Å². The van der Waals surface area contributed by atoms with Crippen molar-refractivity contribution in [3.05, 3.63) is 47.8 Å².